The Morgan fingerprint density at radius 2 is 2.00 bits per heavy atom. The van der Waals surface area contributed by atoms with Gasteiger partial charge in [0.15, 0.2) is 0 Å². The van der Waals surface area contributed by atoms with E-state index in [0.29, 0.717) is 12.8 Å². The van der Waals surface area contributed by atoms with Crippen molar-refractivity contribution in [3.8, 4) is 0 Å². The molecule has 14 heavy (non-hydrogen) atoms. The van der Waals surface area contributed by atoms with Crippen molar-refractivity contribution in [2.24, 2.45) is 0 Å². The maximum Gasteiger partial charge on any atom is 0.254 e. The van der Waals surface area contributed by atoms with Crippen LogP contribution in [0.1, 0.15) is 25.7 Å². The molecule has 1 N–H and O–H groups in total. The molecule has 0 radical (unpaired) electrons. The van der Waals surface area contributed by atoms with Gasteiger partial charge in [-0.05, 0) is 25.7 Å². The number of amides is 1. The van der Waals surface area contributed by atoms with Crippen LogP contribution in [-0.4, -0.2) is 47.8 Å². The molecule has 0 aromatic heterocycles. The van der Waals surface area contributed by atoms with Crippen molar-refractivity contribution < 1.29 is 14.6 Å². The fraction of sp³-hybridized carbons (Fsp3) is 0.900. The number of hydrogen-bond donors (Lipinski definition) is 1. The number of aliphatic hydroxyl groups is 1. The molecule has 1 aliphatic heterocycles. The Hall–Kier alpha value is -0.610. The van der Waals surface area contributed by atoms with Gasteiger partial charge in [0, 0.05) is 20.2 Å². The molecule has 0 spiro atoms. The highest BCUT2D eigenvalue weighted by Gasteiger charge is 2.50. The van der Waals surface area contributed by atoms with Gasteiger partial charge in [-0.1, -0.05) is 0 Å². The summed E-state index contributed by atoms with van der Waals surface area (Å²) in [4.78, 5) is 13.5. The molecule has 0 aromatic rings. The number of carbonyl (C=O) groups is 1. The first-order valence-electron chi connectivity index (χ1n) is 5.20. The second-order valence-electron chi connectivity index (χ2n) is 4.26. The van der Waals surface area contributed by atoms with Crippen molar-refractivity contribution in [2.45, 2.75) is 37.4 Å². The lowest BCUT2D eigenvalue weighted by Gasteiger charge is -2.32. The van der Waals surface area contributed by atoms with Crippen LogP contribution >= 0.6 is 0 Å². The molecule has 4 heteroatoms. The Labute approximate surface area is 83.8 Å². The quantitative estimate of drug-likeness (QED) is 0.688. The van der Waals surface area contributed by atoms with Crippen LogP contribution in [0, 0.1) is 0 Å². The van der Waals surface area contributed by atoms with Gasteiger partial charge in [-0.2, -0.15) is 0 Å². The normalized spacial score (nSPS) is 26.3. The van der Waals surface area contributed by atoms with Gasteiger partial charge in [-0.15, -0.1) is 0 Å². The van der Waals surface area contributed by atoms with Gasteiger partial charge < -0.3 is 14.7 Å². The molecule has 1 aliphatic carbocycles. The van der Waals surface area contributed by atoms with E-state index in [1.807, 2.05) is 0 Å². The fourth-order valence-electron chi connectivity index (χ4n) is 1.92. The highest BCUT2D eigenvalue weighted by molar-refractivity contribution is 5.87. The predicted molar refractivity (Wildman–Crippen MR) is 50.8 cm³/mol. The van der Waals surface area contributed by atoms with Crippen molar-refractivity contribution in [2.75, 3.05) is 20.2 Å². The SMILES string of the molecule is COC1CCN(C(=O)C2(O)CC2)CC1. The van der Waals surface area contributed by atoms with Crippen molar-refractivity contribution in [3.05, 3.63) is 0 Å². The molecule has 2 aliphatic rings. The van der Waals surface area contributed by atoms with Gasteiger partial charge in [-0.3, -0.25) is 4.79 Å². The second-order valence-corrected chi connectivity index (χ2v) is 4.26. The second kappa shape index (κ2) is 3.51. The molecule has 1 saturated heterocycles. The van der Waals surface area contributed by atoms with E-state index >= 15 is 0 Å². The van der Waals surface area contributed by atoms with E-state index in [1.54, 1.807) is 12.0 Å². The zero-order valence-corrected chi connectivity index (χ0v) is 8.53. The zero-order valence-electron chi connectivity index (χ0n) is 8.53. The highest BCUT2D eigenvalue weighted by atomic mass is 16.5. The predicted octanol–water partition coefficient (Wildman–Crippen LogP) is 0.149. The Balaban J connectivity index is 1.86. The average Bonchev–Trinajstić information content (AvgIpc) is 2.97. The van der Waals surface area contributed by atoms with Crippen LogP contribution in [0.3, 0.4) is 0 Å². The summed E-state index contributed by atoms with van der Waals surface area (Å²) in [6.45, 7) is 1.44. The van der Waals surface area contributed by atoms with E-state index in [0.717, 1.165) is 25.9 Å². The summed E-state index contributed by atoms with van der Waals surface area (Å²) in [5, 5.41) is 9.65. The van der Waals surface area contributed by atoms with Crippen LogP contribution in [0.15, 0.2) is 0 Å². The standard InChI is InChI=1S/C10H17NO3/c1-14-8-2-6-11(7-3-8)9(12)10(13)4-5-10/h8,13H,2-7H2,1H3. The topological polar surface area (TPSA) is 49.8 Å². The van der Waals surface area contributed by atoms with Crippen molar-refractivity contribution in [1.82, 2.24) is 4.90 Å². The van der Waals surface area contributed by atoms with Gasteiger partial charge in [0.05, 0.1) is 6.10 Å². The van der Waals surface area contributed by atoms with E-state index in [1.165, 1.54) is 0 Å². The van der Waals surface area contributed by atoms with Crippen molar-refractivity contribution in [1.29, 1.82) is 0 Å². The number of methoxy groups -OCH3 is 1. The number of rotatable bonds is 2. The van der Waals surface area contributed by atoms with Gasteiger partial charge in [-0.25, -0.2) is 0 Å². The molecule has 4 nitrogen and oxygen atoms in total. The average molecular weight is 199 g/mol. The lowest BCUT2D eigenvalue weighted by molar-refractivity contribution is -0.144. The molecule has 0 bridgehead atoms. The van der Waals surface area contributed by atoms with Crippen LogP contribution in [0.2, 0.25) is 0 Å². The fourth-order valence-corrected chi connectivity index (χ4v) is 1.92. The first-order chi connectivity index (χ1) is 6.65. The van der Waals surface area contributed by atoms with Crippen molar-refractivity contribution >= 4 is 5.91 Å². The number of hydrogen-bond acceptors (Lipinski definition) is 3. The Morgan fingerprint density at radius 3 is 2.43 bits per heavy atom. The van der Waals surface area contributed by atoms with Crippen LogP contribution < -0.4 is 0 Å². The summed E-state index contributed by atoms with van der Waals surface area (Å²) < 4.78 is 5.22. The van der Waals surface area contributed by atoms with Crippen LogP contribution in [0.25, 0.3) is 0 Å². The molecule has 2 rings (SSSR count). The van der Waals surface area contributed by atoms with Crippen molar-refractivity contribution in [3.63, 3.8) is 0 Å². The van der Waals surface area contributed by atoms with Gasteiger partial charge in [0.25, 0.3) is 5.91 Å². The van der Waals surface area contributed by atoms with E-state index in [4.69, 9.17) is 4.74 Å². The van der Waals surface area contributed by atoms with E-state index in [-0.39, 0.29) is 12.0 Å². The summed E-state index contributed by atoms with van der Waals surface area (Å²) in [6, 6.07) is 0. The number of likely N-dealkylation sites (tertiary alicyclic amines) is 1. The van der Waals surface area contributed by atoms with E-state index in [2.05, 4.69) is 0 Å². The number of carbonyl (C=O) groups excluding carboxylic acids is 1. The first-order valence-corrected chi connectivity index (χ1v) is 5.20. The lowest BCUT2D eigenvalue weighted by atomic mass is 10.1. The minimum Gasteiger partial charge on any atom is -0.381 e. The highest BCUT2D eigenvalue weighted by Crippen LogP contribution is 2.37. The summed E-state index contributed by atoms with van der Waals surface area (Å²) in [5.74, 6) is -0.0768. The number of piperidine rings is 1. The molecule has 80 valence electrons. The minimum absolute atomic E-state index is 0.0768. The summed E-state index contributed by atoms with van der Waals surface area (Å²) in [7, 11) is 1.70. The van der Waals surface area contributed by atoms with Crippen LogP contribution in [0.4, 0.5) is 0 Å². The maximum atomic E-state index is 11.7. The van der Waals surface area contributed by atoms with Gasteiger partial charge in [0.2, 0.25) is 0 Å². The Morgan fingerprint density at radius 1 is 1.43 bits per heavy atom. The Bertz CT molecular complexity index is 230. The molecule has 1 amide bonds. The molecule has 0 aromatic carbocycles. The number of nitrogens with zero attached hydrogens (tertiary/aromatic N) is 1. The molecule has 1 heterocycles. The van der Waals surface area contributed by atoms with E-state index < -0.39 is 5.60 Å². The van der Waals surface area contributed by atoms with Gasteiger partial charge in [0.1, 0.15) is 5.60 Å². The monoisotopic (exact) mass is 199 g/mol. The van der Waals surface area contributed by atoms with Crippen LogP contribution in [0.5, 0.6) is 0 Å². The summed E-state index contributed by atoms with van der Waals surface area (Å²) in [5.41, 5.74) is -1.00. The third-order valence-electron chi connectivity index (χ3n) is 3.18. The molecular weight excluding hydrogens is 182 g/mol. The zero-order chi connectivity index (χ0) is 10.2. The third-order valence-corrected chi connectivity index (χ3v) is 3.18. The van der Waals surface area contributed by atoms with Gasteiger partial charge >= 0.3 is 0 Å². The third kappa shape index (κ3) is 1.77. The smallest absolute Gasteiger partial charge is 0.254 e. The maximum absolute atomic E-state index is 11.7. The van der Waals surface area contributed by atoms with E-state index in [9.17, 15) is 9.90 Å². The Kier molecular flexibility index (Phi) is 2.49. The van der Waals surface area contributed by atoms with Crippen LogP contribution in [-0.2, 0) is 9.53 Å². The summed E-state index contributed by atoms with van der Waals surface area (Å²) in [6.07, 6.45) is 3.33. The molecule has 0 atom stereocenters. The molecule has 0 unspecified atom stereocenters. The number of ether oxygens (including phenoxy) is 1. The lowest BCUT2D eigenvalue weighted by Crippen LogP contribution is -2.46. The first kappa shape index (κ1) is 9.93. The molecule has 2 fully saturated rings. The molecule has 1 saturated carbocycles. The molecular formula is C10H17NO3. The minimum atomic E-state index is -1.00. The largest absolute Gasteiger partial charge is 0.381 e. The summed E-state index contributed by atoms with van der Waals surface area (Å²) >= 11 is 0.